The monoisotopic (exact) mass is 469 g/mol. The Hall–Kier alpha value is -3.50. The maximum atomic E-state index is 13.7. The van der Waals surface area contributed by atoms with Crippen LogP contribution in [-0.2, 0) is 10.3 Å². The number of rotatable bonds is 5. The summed E-state index contributed by atoms with van der Waals surface area (Å²) >= 11 is 0. The highest BCUT2D eigenvalue weighted by Gasteiger charge is 2.38. The molecule has 1 aliphatic heterocycles. The van der Waals surface area contributed by atoms with Gasteiger partial charge in [0.2, 0.25) is 0 Å². The molecule has 0 atom stereocenters. The molecule has 2 fully saturated rings. The average molecular weight is 470 g/mol. The summed E-state index contributed by atoms with van der Waals surface area (Å²) in [4.78, 5) is 20.2. The summed E-state index contributed by atoms with van der Waals surface area (Å²) in [6, 6.07) is 13.9. The van der Waals surface area contributed by atoms with Gasteiger partial charge >= 0.3 is 0 Å². The number of H-pyrrole nitrogens is 1. The third-order valence-corrected chi connectivity index (χ3v) is 7.80. The number of methoxy groups -OCH3 is 1. The molecule has 35 heavy (non-hydrogen) atoms. The molecular weight excluding hydrogens is 438 g/mol. The van der Waals surface area contributed by atoms with E-state index in [0.717, 1.165) is 22.5 Å². The number of benzene rings is 2. The summed E-state index contributed by atoms with van der Waals surface area (Å²) in [5.41, 5.74) is 5.17. The molecule has 7 heteroatoms. The van der Waals surface area contributed by atoms with Gasteiger partial charge in [0.05, 0.1) is 17.2 Å². The van der Waals surface area contributed by atoms with Gasteiger partial charge in [-0.25, -0.2) is 4.98 Å². The molecule has 0 radical (unpaired) electrons. The van der Waals surface area contributed by atoms with E-state index in [4.69, 9.17) is 10.00 Å². The number of nitrogens with zero attached hydrogens (tertiary/aromatic N) is 4. The van der Waals surface area contributed by atoms with E-state index in [-0.39, 0.29) is 5.91 Å². The van der Waals surface area contributed by atoms with E-state index in [1.807, 2.05) is 49.1 Å². The summed E-state index contributed by atoms with van der Waals surface area (Å²) in [5, 5.41) is 16.5. The molecule has 180 valence electrons. The first-order valence-corrected chi connectivity index (χ1v) is 12.3. The van der Waals surface area contributed by atoms with Gasteiger partial charge in [0.15, 0.2) is 5.82 Å². The van der Waals surface area contributed by atoms with E-state index in [1.165, 1.54) is 24.8 Å². The average Bonchev–Trinajstić information content (AvgIpc) is 3.29. The first kappa shape index (κ1) is 23.3. The number of nitrogens with one attached hydrogen (secondary N) is 1. The van der Waals surface area contributed by atoms with Crippen LogP contribution in [0.3, 0.4) is 0 Å². The lowest BCUT2D eigenvalue weighted by molar-refractivity contribution is -0.0574. The quantitative estimate of drug-likeness (QED) is 0.567. The highest BCUT2D eigenvalue weighted by molar-refractivity contribution is 5.97. The Kier molecular flexibility index (Phi) is 6.16. The smallest absolute Gasteiger partial charge is 0.254 e. The molecule has 7 nitrogen and oxygen atoms in total. The summed E-state index contributed by atoms with van der Waals surface area (Å²) in [6.07, 6.45) is 4.99. The number of likely N-dealkylation sites (tertiary alicyclic amines) is 1. The fourth-order valence-electron chi connectivity index (χ4n) is 5.38. The second kappa shape index (κ2) is 9.27. The molecule has 1 N–H and O–H groups in total. The van der Waals surface area contributed by atoms with Gasteiger partial charge in [0.1, 0.15) is 5.82 Å². The number of carbonyl (C=O) groups is 1. The second-order valence-electron chi connectivity index (χ2n) is 9.81. The first-order valence-electron chi connectivity index (χ1n) is 12.3. The Morgan fingerprint density at radius 3 is 2.43 bits per heavy atom. The highest BCUT2D eigenvalue weighted by Crippen LogP contribution is 2.42. The molecule has 1 saturated heterocycles. The highest BCUT2D eigenvalue weighted by atomic mass is 16.5. The second-order valence-corrected chi connectivity index (χ2v) is 9.81. The van der Waals surface area contributed by atoms with Crippen molar-refractivity contribution in [3.8, 4) is 17.5 Å². The number of aryl methyl sites for hydroxylation is 2. The molecule has 0 spiro atoms. The number of aromatic nitrogens is 3. The largest absolute Gasteiger partial charge is 0.373 e. The van der Waals surface area contributed by atoms with Crippen molar-refractivity contribution in [1.29, 1.82) is 5.26 Å². The summed E-state index contributed by atoms with van der Waals surface area (Å²) < 4.78 is 6.00. The van der Waals surface area contributed by atoms with Crippen LogP contribution in [-0.4, -0.2) is 46.2 Å². The lowest BCUT2D eigenvalue weighted by atomic mass is 9.77. The fraction of sp³-hybridized carbons (Fsp3) is 0.429. The molecule has 1 saturated carbocycles. The van der Waals surface area contributed by atoms with Crippen LogP contribution in [0.5, 0.6) is 0 Å². The summed E-state index contributed by atoms with van der Waals surface area (Å²) in [5.74, 6) is 1.98. The van der Waals surface area contributed by atoms with E-state index in [0.29, 0.717) is 48.8 Å². The van der Waals surface area contributed by atoms with E-state index in [9.17, 15) is 4.79 Å². The van der Waals surface area contributed by atoms with Gasteiger partial charge < -0.3 is 9.64 Å². The van der Waals surface area contributed by atoms with Gasteiger partial charge in [-0.1, -0.05) is 24.6 Å². The van der Waals surface area contributed by atoms with Crippen LogP contribution in [0, 0.1) is 25.2 Å². The molecule has 0 bridgehead atoms. The van der Waals surface area contributed by atoms with Gasteiger partial charge in [-0.05, 0) is 80.3 Å². The zero-order valence-corrected chi connectivity index (χ0v) is 20.6. The lowest BCUT2D eigenvalue weighted by Crippen LogP contribution is -2.46. The molecule has 0 unspecified atom stereocenters. The Labute approximate surface area is 206 Å². The van der Waals surface area contributed by atoms with Crippen LogP contribution in [0.15, 0.2) is 36.4 Å². The van der Waals surface area contributed by atoms with Crippen LogP contribution >= 0.6 is 0 Å². The van der Waals surface area contributed by atoms with Crippen molar-refractivity contribution in [1.82, 2.24) is 20.1 Å². The van der Waals surface area contributed by atoms with Crippen molar-refractivity contribution in [2.24, 2.45) is 0 Å². The van der Waals surface area contributed by atoms with Crippen molar-refractivity contribution in [2.75, 3.05) is 20.2 Å². The molecule has 1 amide bonds. The number of piperidine rings is 1. The van der Waals surface area contributed by atoms with Crippen LogP contribution in [0.1, 0.15) is 76.5 Å². The van der Waals surface area contributed by atoms with E-state index >= 15 is 0 Å². The van der Waals surface area contributed by atoms with Crippen molar-refractivity contribution in [3.63, 3.8) is 0 Å². The molecule has 2 aromatic carbocycles. The van der Waals surface area contributed by atoms with Crippen molar-refractivity contribution < 1.29 is 9.53 Å². The number of hydrogen-bond acceptors (Lipinski definition) is 5. The molecule has 3 aromatic rings. The number of nitriles is 1. The standard InChI is InChI=1S/C28H31N5O2/c1-18-15-24(21-5-4-6-21)25(26-30-19(2)31-32-26)16-23(18)27(34)33-13-11-28(35-3,12-14-33)22-9-7-20(17-29)8-10-22/h7-10,15-16,21H,4-6,11-14H2,1-3H3,(H,30,31,32). The summed E-state index contributed by atoms with van der Waals surface area (Å²) in [7, 11) is 1.73. The minimum absolute atomic E-state index is 0.0423. The maximum absolute atomic E-state index is 13.7. The van der Waals surface area contributed by atoms with Crippen LogP contribution < -0.4 is 0 Å². The molecule has 2 heterocycles. The van der Waals surface area contributed by atoms with Crippen LogP contribution in [0.4, 0.5) is 0 Å². The molecule has 1 aromatic heterocycles. The van der Waals surface area contributed by atoms with Crippen LogP contribution in [0.2, 0.25) is 0 Å². The summed E-state index contributed by atoms with van der Waals surface area (Å²) in [6.45, 7) is 5.13. The van der Waals surface area contributed by atoms with Gasteiger partial charge in [-0.15, -0.1) is 0 Å². The normalized spacial score (nSPS) is 17.6. The minimum atomic E-state index is -0.449. The van der Waals surface area contributed by atoms with Gasteiger partial charge in [0.25, 0.3) is 5.91 Å². The Morgan fingerprint density at radius 2 is 1.89 bits per heavy atom. The maximum Gasteiger partial charge on any atom is 0.254 e. The SMILES string of the molecule is COC1(c2ccc(C#N)cc2)CCN(C(=O)c2cc(-c3n[nH]c(C)n3)c(C3CCC3)cc2C)CC1. The lowest BCUT2D eigenvalue weighted by Gasteiger charge is -2.41. The number of amides is 1. The minimum Gasteiger partial charge on any atom is -0.373 e. The zero-order valence-electron chi connectivity index (χ0n) is 20.6. The van der Waals surface area contributed by atoms with Gasteiger partial charge in [-0.3, -0.25) is 9.89 Å². The van der Waals surface area contributed by atoms with Crippen molar-refractivity contribution in [2.45, 2.75) is 57.5 Å². The van der Waals surface area contributed by atoms with E-state index < -0.39 is 5.60 Å². The number of hydrogen-bond donors (Lipinski definition) is 1. The molecule has 1 aliphatic carbocycles. The van der Waals surface area contributed by atoms with E-state index in [1.54, 1.807) is 7.11 Å². The Morgan fingerprint density at radius 1 is 1.17 bits per heavy atom. The Balaban J connectivity index is 1.40. The van der Waals surface area contributed by atoms with Gasteiger partial charge in [-0.2, -0.15) is 10.4 Å². The van der Waals surface area contributed by atoms with E-state index in [2.05, 4.69) is 27.3 Å². The van der Waals surface area contributed by atoms with Gasteiger partial charge in [0, 0.05) is 31.3 Å². The zero-order chi connectivity index (χ0) is 24.6. The molecular formula is C28H31N5O2. The number of ether oxygens (including phenoxy) is 1. The number of aromatic amines is 1. The number of carbonyl (C=O) groups excluding carboxylic acids is 1. The Bertz CT molecular complexity index is 1280. The third-order valence-electron chi connectivity index (χ3n) is 7.80. The topological polar surface area (TPSA) is 94.9 Å². The third kappa shape index (κ3) is 4.23. The van der Waals surface area contributed by atoms with Crippen molar-refractivity contribution in [3.05, 3.63) is 70.0 Å². The van der Waals surface area contributed by atoms with Crippen LogP contribution in [0.25, 0.3) is 11.4 Å². The fourth-order valence-corrected chi connectivity index (χ4v) is 5.38. The predicted octanol–water partition coefficient (Wildman–Crippen LogP) is 5.01. The molecule has 2 aliphatic rings. The first-order chi connectivity index (χ1) is 16.9. The predicted molar refractivity (Wildman–Crippen MR) is 133 cm³/mol. The molecule has 5 rings (SSSR count). The van der Waals surface area contributed by atoms with Crippen molar-refractivity contribution >= 4 is 5.91 Å².